The number of rotatable bonds is 1. The molecule has 0 unspecified atom stereocenters. The van der Waals surface area contributed by atoms with E-state index in [4.69, 9.17) is 0 Å². The van der Waals surface area contributed by atoms with Gasteiger partial charge >= 0.3 is 0 Å². The molecule has 13 heavy (non-hydrogen) atoms. The Bertz CT molecular complexity index is 457. The highest BCUT2D eigenvalue weighted by Gasteiger charge is 2.24. The third-order valence-electron chi connectivity index (χ3n) is 2.46. The van der Waals surface area contributed by atoms with Crippen LogP contribution in [0, 0.1) is 5.82 Å². The summed E-state index contributed by atoms with van der Waals surface area (Å²) in [5.41, 5.74) is 2.18. The molecule has 0 saturated carbocycles. The van der Waals surface area contributed by atoms with E-state index in [1.54, 1.807) is 12.1 Å². The summed E-state index contributed by atoms with van der Waals surface area (Å²) in [7, 11) is 0. The second kappa shape index (κ2) is 2.33. The molecular formula is C10H9FN2. The summed E-state index contributed by atoms with van der Waals surface area (Å²) >= 11 is 0. The van der Waals surface area contributed by atoms with Crippen molar-refractivity contribution in [3.8, 4) is 0 Å². The Labute approximate surface area is 74.8 Å². The Hall–Kier alpha value is -1.35. The van der Waals surface area contributed by atoms with E-state index in [0.29, 0.717) is 6.04 Å². The van der Waals surface area contributed by atoms with Gasteiger partial charge in [-0.05, 0) is 23.8 Å². The maximum atomic E-state index is 12.9. The van der Waals surface area contributed by atoms with Crippen molar-refractivity contribution >= 4 is 10.9 Å². The fourth-order valence-electron chi connectivity index (χ4n) is 1.68. The number of hydrogen-bond acceptors (Lipinski definition) is 1. The molecule has 2 N–H and O–H groups in total. The van der Waals surface area contributed by atoms with Gasteiger partial charge in [0.2, 0.25) is 0 Å². The molecule has 0 bridgehead atoms. The quantitative estimate of drug-likeness (QED) is 0.640. The fraction of sp³-hybridized carbons (Fsp3) is 0.200. The van der Waals surface area contributed by atoms with E-state index < -0.39 is 0 Å². The first-order valence-electron chi connectivity index (χ1n) is 4.34. The number of benzene rings is 1. The van der Waals surface area contributed by atoms with Gasteiger partial charge in [-0.1, -0.05) is 0 Å². The summed E-state index contributed by atoms with van der Waals surface area (Å²) in [6, 6.07) is 5.26. The zero-order valence-corrected chi connectivity index (χ0v) is 6.97. The number of H-pyrrole nitrogens is 1. The first kappa shape index (κ1) is 7.09. The van der Waals surface area contributed by atoms with Gasteiger partial charge in [0, 0.05) is 29.7 Å². The lowest BCUT2D eigenvalue weighted by atomic mass is 10.1. The third kappa shape index (κ3) is 1.04. The highest BCUT2D eigenvalue weighted by atomic mass is 19.1. The SMILES string of the molecule is Fc1ccc2[nH]cc([C@H]3CN3)c2c1. The third-order valence-corrected chi connectivity index (χ3v) is 2.46. The standard InChI is InChI=1S/C10H9FN2/c11-6-1-2-9-7(3-6)8(4-12-9)10-5-13-10/h1-4,10,12-13H,5H2/t10-/m1/s1. The van der Waals surface area contributed by atoms with E-state index in [0.717, 1.165) is 17.4 Å². The summed E-state index contributed by atoms with van der Waals surface area (Å²) in [4.78, 5) is 3.13. The van der Waals surface area contributed by atoms with Gasteiger partial charge in [-0.3, -0.25) is 0 Å². The molecule has 0 amide bonds. The molecule has 1 aliphatic heterocycles. The van der Waals surface area contributed by atoms with Crippen LogP contribution in [0.3, 0.4) is 0 Å². The van der Waals surface area contributed by atoms with Crippen molar-refractivity contribution in [3.63, 3.8) is 0 Å². The molecule has 3 heteroatoms. The Balaban J connectivity index is 2.29. The molecule has 1 aromatic carbocycles. The topological polar surface area (TPSA) is 37.7 Å². The molecule has 1 fully saturated rings. The minimum absolute atomic E-state index is 0.172. The van der Waals surface area contributed by atoms with Crippen LogP contribution in [0.1, 0.15) is 11.6 Å². The Morgan fingerprint density at radius 3 is 3.00 bits per heavy atom. The summed E-state index contributed by atoms with van der Waals surface area (Å²) in [6.07, 6.45) is 1.95. The molecule has 0 spiro atoms. The van der Waals surface area contributed by atoms with E-state index in [-0.39, 0.29) is 5.82 Å². The van der Waals surface area contributed by atoms with Crippen LogP contribution in [0.4, 0.5) is 4.39 Å². The van der Waals surface area contributed by atoms with E-state index >= 15 is 0 Å². The van der Waals surface area contributed by atoms with Crippen LogP contribution in [0.2, 0.25) is 0 Å². The normalized spacial score (nSPS) is 20.8. The molecule has 2 nitrogen and oxygen atoms in total. The number of aromatic amines is 1. The minimum Gasteiger partial charge on any atom is -0.361 e. The van der Waals surface area contributed by atoms with Crippen LogP contribution < -0.4 is 5.32 Å². The van der Waals surface area contributed by atoms with Crippen molar-refractivity contribution in [2.75, 3.05) is 6.54 Å². The number of nitrogens with one attached hydrogen (secondary N) is 2. The molecule has 1 saturated heterocycles. The molecule has 3 rings (SSSR count). The zero-order valence-electron chi connectivity index (χ0n) is 6.97. The maximum absolute atomic E-state index is 12.9. The van der Waals surface area contributed by atoms with Gasteiger partial charge in [-0.25, -0.2) is 4.39 Å². The van der Waals surface area contributed by atoms with Crippen LogP contribution in [0.15, 0.2) is 24.4 Å². The molecule has 2 aromatic rings. The van der Waals surface area contributed by atoms with Crippen molar-refractivity contribution < 1.29 is 4.39 Å². The van der Waals surface area contributed by atoms with Gasteiger partial charge in [-0.15, -0.1) is 0 Å². The second-order valence-corrected chi connectivity index (χ2v) is 3.39. The van der Waals surface area contributed by atoms with E-state index in [9.17, 15) is 4.39 Å². The predicted molar refractivity (Wildman–Crippen MR) is 49.0 cm³/mol. The van der Waals surface area contributed by atoms with Gasteiger partial charge in [-0.2, -0.15) is 0 Å². The molecule has 0 radical (unpaired) electrons. The lowest BCUT2D eigenvalue weighted by Crippen LogP contribution is -1.81. The minimum atomic E-state index is -0.172. The Morgan fingerprint density at radius 2 is 2.23 bits per heavy atom. The van der Waals surface area contributed by atoms with Crippen LogP contribution in [-0.2, 0) is 0 Å². The van der Waals surface area contributed by atoms with Crippen molar-refractivity contribution in [2.45, 2.75) is 6.04 Å². The first-order chi connectivity index (χ1) is 6.34. The number of fused-ring (bicyclic) bond motifs is 1. The summed E-state index contributed by atoms with van der Waals surface area (Å²) in [6.45, 7) is 1.00. The smallest absolute Gasteiger partial charge is 0.123 e. The molecule has 0 aliphatic carbocycles. The van der Waals surface area contributed by atoms with Crippen LogP contribution in [-0.4, -0.2) is 11.5 Å². The zero-order chi connectivity index (χ0) is 8.84. The van der Waals surface area contributed by atoms with Crippen molar-refractivity contribution in [1.82, 2.24) is 10.3 Å². The second-order valence-electron chi connectivity index (χ2n) is 3.39. The van der Waals surface area contributed by atoms with Gasteiger partial charge in [0.1, 0.15) is 5.82 Å². The van der Waals surface area contributed by atoms with E-state index in [1.165, 1.54) is 11.6 Å². The lowest BCUT2D eigenvalue weighted by Gasteiger charge is -1.93. The number of hydrogen-bond donors (Lipinski definition) is 2. The highest BCUT2D eigenvalue weighted by Crippen LogP contribution is 2.29. The van der Waals surface area contributed by atoms with Crippen LogP contribution >= 0.6 is 0 Å². The van der Waals surface area contributed by atoms with Gasteiger partial charge in [0.25, 0.3) is 0 Å². The Kier molecular flexibility index (Phi) is 1.27. The highest BCUT2D eigenvalue weighted by molar-refractivity contribution is 5.84. The molecule has 66 valence electrons. The predicted octanol–water partition coefficient (Wildman–Crippen LogP) is 1.95. The summed E-state index contributed by atoms with van der Waals surface area (Å²) in [5.74, 6) is -0.172. The summed E-state index contributed by atoms with van der Waals surface area (Å²) in [5, 5.41) is 4.20. The molecule has 1 atom stereocenters. The molecule has 1 aromatic heterocycles. The van der Waals surface area contributed by atoms with E-state index in [2.05, 4.69) is 10.3 Å². The molecule has 1 aliphatic rings. The first-order valence-corrected chi connectivity index (χ1v) is 4.34. The Morgan fingerprint density at radius 1 is 1.38 bits per heavy atom. The molecule has 2 heterocycles. The van der Waals surface area contributed by atoms with Gasteiger partial charge in [0.15, 0.2) is 0 Å². The van der Waals surface area contributed by atoms with Crippen molar-refractivity contribution in [2.24, 2.45) is 0 Å². The van der Waals surface area contributed by atoms with Crippen molar-refractivity contribution in [1.29, 1.82) is 0 Å². The average Bonchev–Trinajstić information content (AvgIpc) is 2.87. The van der Waals surface area contributed by atoms with Gasteiger partial charge < -0.3 is 10.3 Å². The maximum Gasteiger partial charge on any atom is 0.123 e. The average molecular weight is 176 g/mol. The number of halogens is 1. The monoisotopic (exact) mass is 176 g/mol. The summed E-state index contributed by atoms with van der Waals surface area (Å²) < 4.78 is 12.9. The number of aromatic nitrogens is 1. The molecular weight excluding hydrogens is 167 g/mol. The van der Waals surface area contributed by atoms with Gasteiger partial charge in [0.05, 0.1) is 0 Å². The van der Waals surface area contributed by atoms with Crippen molar-refractivity contribution in [3.05, 3.63) is 35.8 Å². The van der Waals surface area contributed by atoms with Crippen LogP contribution in [0.5, 0.6) is 0 Å². The largest absolute Gasteiger partial charge is 0.361 e. The fourth-order valence-corrected chi connectivity index (χ4v) is 1.68. The van der Waals surface area contributed by atoms with E-state index in [1.807, 2.05) is 6.20 Å². The van der Waals surface area contributed by atoms with Crippen LogP contribution in [0.25, 0.3) is 10.9 Å². The lowest BCUT2D eigenvalue weighted by molar-refractivity contribution is 0.629.